The van der Waals surface area contributed by atoms with E-state index < -0.39 is 0 Å². The predicted octanol–water partition coefficient (Wildman–Crippen LogP) is 2.13. The van der Waals surface area contributed by atoms with E-state index in [2.05, 4.69) is 19.1 Å². The molecule has 1 heteroatoms. The highest BCUT2D eigenvalue weighted by atomic mass is 16.5. The molecule has 1 saturated heterocycles. The van der Waals surface area contributed by atoms with Gasteiger partial charge in [-0.25, -0.2) is 0 Å². The van der Waals surface area contributed by atoms with Crippen LogP contribution in [0.5, 0.6) is 0 Å². The van der Waals surface area contributed by atoms with Crippen LogP contribution in [-0.2, 0) is 4.74 Å². The van der Waals surface area contributed by atoms with Gasteiger partial charge in [0.05, 0.1) is 12.2 Å². The molecule has 0 aromatic heterocycles. The highest BCUT2D eigenvalue weighted by Crippen LogP contribution is 2.30. The zero-order valence-electron chi connectivity index (χ0n) is 6.18. The first-order chi connectivity index (χ1) is 4.33. The maximum Gasteiger partial charge on any atom is 0.0881 e. The monoisotopic (exact) mass is 126 g/mol. The number of hydrogen-bond acceptors (Lipinski definition) is 1. The van der Waals surface area contributed by atoms with Crippen LogP contribution >= 0.6 is 0 Å². The molecule has 0 N–H and O–H groups in total. The van der Waals surface area contributed by atoms with Crippen molar-refractivity contribution in [3.05, 3.63) is 12.2 Å². The Kier molecular flexibility index (Phi) is 1.91. The quantitative estimate of drug-likeness (QED) is 0.515. The minimum Gasteiger partial charge on any atom is -0.371 e. The van der Waals surface area contributed by atoms with Crippen LogP contribution in [0.3, 0.4) is 0 Å². The van der Waals surface area contributed by atoms with Crippen molar-refractivity contribution in [3.63, 3.8) is 0 Å². The van der Waals surface area contributed by atoms with E-state index in [0.717, 1.165) is 13.0 Å². The minimum atomic E-state index is 0.134. The SMILES string of the molecule is CC=CC1(CC)CCO1. The molecule has 0 aliphatic carbocycles. The summed E-state index contributed by atoms with van der Waals surface area (Å²) in [5.74, 6) is 0. The number of rotatable bonds is 2. The molecule has 1 fully saturated rings. The van der Waals surface area contributed by atoms with Crippen LogP contribution in [0.25, 0.3) is 0 Å². The third kappa shape index (κ3) is 1.16. The van der Waals surface area contributed by atoms with Crippen LogP contribution in [0.4, 0.5) is 0 Å². The van der Waals surface area contributed by atoms with Crippen molar-refractivity contribution in [2.75, 3.05) is 6.61 Å². The first kappa shape index (κ1) is 6.81. The maximum absolute atomic E-state index is 5.42. The summed E-state index contributed by atoms with van der Waals surface area (Å²) < 4.78 is 5.42. The Labute approximate surface area is 56.7 Å². The summed E-state index contributed by atoms with van der Waals surface area (Å²) in [5, 5.41) is 0. The molecule has 1 nitrogen and oxygen atoms in total. The zero-order chi connectivity index (χ0) is 6.74. The van der Waals surface area contributed by atoms with Gasteiger partial charge in [-0.2, -0.15) is 0 Å². The molecule has 1 heterocycles. The molecule has 1 aliphatic heterocycles. The number of ether oxygens (including phenoxy) is 1. The lowest BCUT2D eigenvalue weighted by atomic mass is 9.91. The molecule has 52 valence electrons. The van der Waals surface area contributed by atoms with Gasteiger partial charge >= 0.3 is 0 Å². The molecule has 0 radical (unpaired) electrons. The van der Waals surface area contributed by atoms with Gasteiger partial charge in [-0.15, -0.1) is 0 Å². The summed E-state index contributed by atoms with van der Waals surface area (Å²) >= 11 is 0. The lowest BCUT2D eigenvalue weighted by molar-refractivity contribution is -0.113. The lowest BCUT2D eigenvalue weighted by Gasteiger charge is -2.38. The van der Waals surface area contributed by atoms with E-state index in [4.69, 9.17) is 4.74 Å². The summed E-state index contributed by atoms with van der Waals surface area (Å²) in [4.78, 5) is 0. The van der Waals surface area contributed by atoms with Crippen molar-refractivity contribution in [2.24, 2.45) is 0 Å². The summed E-state index contributed by atoms with van der Waals surface area (Å²) in [6, 6.07) is 0. The minimum absolute atomic E-state index is 0.134. The van der Waals surface area contributed by atoms with Gasteiger partial charge in [0.1, 0.15) is 0 Å². The predicted molar refractivity (Wildman–Crippen MR) is 38.4 cm³/mol. The molecule has 0 spiro atoms. The average molecular weight is 126 g/mol. The molecule has 0 saturated carbocycles. The molecule has 0 amide bonds. The van der Waals surface area contributed by atoms with Gasteiger partial charge in [-0.05, 0) is 13.3 Å². The summed E-state index contributed by atoms with van der Waals surface area (Å²) in [7, 11) is 0. The smallest absolute Gasteiger partial charge is 0.0881 e. The first-order valence-electron chi connectivity index (χ1n) is 3.61. The largest absolute Gasteiger partial charge is 0.371 e. The summed E-state index contributed by atoms with van der Waals surface area (Å²) in [5.41, 5.74) is 0.134. The molecule has 1 aliphatic rings. The normalized spacial score (nSPS) is 34.9. The third-order valence-electron chi connectivity index (χ3n) is 1.98. The first-order valence-corrected chi connectivity index (χ1v) is 3.61. The highest BCUT2D eigenvalue weighted by molar-refractivity contribution is 5.04. The second-order valence-corrected chi connectivity index (χ2v) is 2.52. The Balaban J connectivity index is 2.46. The van der Waals surface area contributed by atoms with Gasteiger partial charge < -0.3 is 4.74 Å². The molecule has 0 aromatic carbocycles. The number of allylic oxidation sites excluding steroid dienone is 1. The molecule has 9 heavy (non-hydrogen) atoms. The van der Waals surface area contributed by atoms with E-state index in [0.29, 0.717) is 0 Å². The lowest BCUT2D eigenvalue weighted by Crippen LogP contribution is -2.40. The Bertz CT molecular complexity index is 106. The fraction of sp³-hybridized carbons (Fsp3) is 0.750. The van der Waals surface area contributed by atoms with Gasteiger partial charge in [-0.1, -0.05) is 19.1 Å². The van der Waals surface area contributed by atoms with Crippen molar-refractivity contribution in [1.29, 1.82) is 0 Å². The Hall–Kier alpha value is -0.300. The van der Waals surface area contributed by atoms with E-state index in [1.165, 1.54) is 6.42 Å². The summed E-state index contributed by atoms with van der Waals surface area (Å²) in [6.45, 7) is 5.15. The average Bonchev–Trinajstić information content (AvgIpc) is 1.79. The van der Waals surface area contributed by atoms with Gasteiger partial charge in [0.2, 0.25) is 0 Å². The second kappa shape index (κ2) is 2.53. The molecular formula is C8H14O. The van der Waals surface area contributed by atoms with Crippen molar-refractivity contribution >= 4 is 0 Å². The van der Waals surface area contributed by atoms with E-state index in [1.807, 2.05) is 6.92 Å². The van der Waals surface area contributed by atoms with Crippen LogP contribution in [0, 0.1) is 0 Å². The highest BCUT2D eigenvalue weighted by Gasteiger charge is 2.32. The van der Waals surface area contributed by atoms with Crippen molar-refractivity contribution in [2.45, 2.75) is 32.3 Å². The van der Waals surface area contributed by atoms with Crippen LogP contribution in [0.1, 0.15) is 26.7 Å². The second-order valence-electron chi connectivity index (χ2n) is 2.52. The Morgan fingerprint density at radius 1 is 1.67 bits per heavy atom. The van der Waals surface area contributed by atoms with Gasteiger partial charge in [0.25, 0.3) is 0 Å². The van der Waals surface area contributed by atoms with Crippen molar-refractivity contribution in [3.8, 4) is 0 Å². The fourth-order valence-corrected chi connectivity index (χ4v) is 1.20. The fourth-order valence-electron chi connectivity index (χ4n) is 1.20. The molecular weight excluding hydrogens is 112 g/mol. The molecule has 1 rings (SSSR count). The van der Waals surface area contributed by atoms with Gasteiger partial charge in [0, 0.05) is 6.42 Å². The summed E-state index contributed by atoms with van der Waals surface area (Å²) in [6.07, 6.45) is 6.55. The molecule has 0 bridgehead atoms. The van der Waals surface area contributed by atoms with E-state index >= 15 is 0 Å². The molecule has 1 atom stereocenters. The molecule has 0 aromatic rings. The van der Waals surface area contributed by atoms with Crippen molar-refractivity contribution < 1.29 is 4.74 Å². The van der Waals surface area contributed by atoms with E-state index in [1.54, 1.807) is 0 Å². The van der Waals surface area contributed by atoms with Crippen LogP contribution in [0.15, 0.2) is 12.2 Å². The van der Waals surface area contributed by atoms with Crippen molar-refractivity contribution in [1.82, 2.24) is 0 Å². The maximum atomic E-state index is 5.42. The van der Waals surface area contributed by atoms with Crippen LogP contribution in [0.2, 0.25) is 0 Å². The zero-order valence-corrected chi connectivity index (χ0v) is 6.18. The Morgan fingerprint density at radius 3 is 2.44 bits per heavy atom. The van der Waals surface area contributed by atoms with Gasteiger partial charge in [-0.3, -0.25) is 0 Å². The Morgan fingerprint density at radius 2 is 2.33 bits per heavy atom. The van der Waals surface area contributed by atoms with E-state index in [9.17, 15) is 0 Å². The van der Waals surface area contributed by atoms with E-state index in [-0.39, 0.29) is 5.60 Å². The topological polar surface area (TPSA) is 9.23 Å². The van der Waals surface area contributed by atoms with Crippen LogP contribution < -0.4 is 0 Å². The third-order valence-corrected chi connectivity index (χ3v) is 1.98. The standard InChI is InChI=1S/C8H14O/c1-3-5-8(4-2)6-7-9-8/h3,5H,4,6-7H2,1-2H3. The van der Waals surface area contributed by atoms with Crippen LogP contribution in [-0.4, -0.2) is 12.2 Å². The molecule has 1 unspecified atom stereocenters. The number of hydrogen-bond donors (Lipinski definition) is 0. The van der Waals surface area contributed by atoms with Gasteiger partial charge in [0.15, 0.2) is 0 Å².